The second-order valence-electron chi connectivity index (χ2n) is 2.42. The Hall–Kier alpha value is 0.825. The van der Waals surface area contributed by atoms with Gasteiger partial charge in [-0.15, -0.1) is 0 Å². The van der Waals surface area contributed by atoms with Crippen LogP contribution >= 0.6 is 0 Å². The summed E-state index contributed by atoms with van der Waals surface area (Å²) in [6, 6.07) is 0. The SMILES string of the molecule is O=C([O-])CC(O)(CC(=O)[O-])C(=O)[O-].[Ba+2].[Bi+3]. The van der Waals surface area contributed by atoms with Gasteiger partial charge in [0.1, 0.15) is 5.60 Å². The standard InChI is InChI=1S/C6H8O7.Ba.Bi/c7-3(8)1-6(13,5(11)12)2-4(9)10;;/h13H,1-2H2,(H,7,8)(H,9,10)(H,11,12);;/q;+2;+3/p-3. The summed E-state index contributed by atoms with van der Waals surface area (Å²) in [6.45, 7) is 0. The molecule has 0 unspecified atom stereocenters. The Labute approximate surface area is 144 Å². The first-order chi connectivity index (χ1) is 5.78. The third-order valence-electron chi connectivity index (χ3n) is 1.25. The third kappa shape index (κ3) is 8.61. The minimum Gasteiger partial charge on any atom is -0.550 e. The Bertz CT molecular complexity index is 238. The largest absolute Gasteiger partial charge is 3.00 e. The maximum atomic E-state index is 10.1. The molecule has 2 radical (unpaired) electrons. The van der Waals surface area contributed by atoms with Crippen LogP contribution in [-0.2, 0) is 14.4 Å². The fourth-order valence-electron chi connectivity index (χ4n) is 0.684. The predicted octanol–water partition coefficient (Wildman–Crippen LogP) is -6.01. The molecule has 0 heterocycles. The molecule has 1 N–H and O–H groups in total. The number of carbonyl (C=O) groups excluding carboxylic acids is 3. The van der Waals surface area contributed by atoms with Crippen LogP contribution in [0.3, 0.4) is 0 Å². The van der Waals surface area contributed by atoms with E-state index >= 15 is 0 Å². The molecule has 0 aromatic heterocycles. The van der Waals surface area contributed by atoms with Crippen molar-refractivity contribution in [3.8, 4) is 0 Å². The fraction of sp³-hybridized carbons (Fsp3) is 0.500. The number of aliphatic carboxylic acids is 3. The first kappa shape index (κ1) is 21.1. The molecule has 0 bridgehead atoms. The van der Waals surface area contributed by atoms with Crippen LogP contribution in [0.5, 0.6) is 0 Å². The van der Waals surface area contributed by atoms with Crippen molar-refractivity contribution >= 4 is 93.0 Å². The Balaban J connectivity index is -0.000000720. The minimum absolute atomic E-state index is 0. The molecule has 0 spiro atoms. The fourth-order valence-corrected chi connectivity index (χ4v) is 0.684. The smallest absolute Gasteiger partial charge is 0.550 e. The number of rotatable bonds is 5. The van der Waals surface area contributed by atoms with Crippen molar-refractivity contribution in [3.63, 3.8) is 0 Å². The van der Waals surface area contributed by atoms with Crippen LogP contribution in [0.2, 0.25) is 0 Å². The molecule has 15 heavy (non-hydrogen) atoms. The molecule has 0 aliphatic carbocycles. The van der Waals surface area contributed by atoms with Gasteiger partial charge in [0.2, 0.25) is 0 Å². The molecule has 7 nitrogen and oxygen atoms in total. The van der Waals surface area contributed by atoms with Crippen molar-refractivity contribution in [2.24, 2.45) is 0 Å². The van der Waals surface area contributed by atoms with E-state index in [1.165, 1.54) is 0 Å². The summed E-state index contributed by atoms with van der Waals surface area (Å²) in [5, 5.41) is 38.9. The summed E-state index contributed by atoms with van der Waals surface area (Å²) in [7, 11) is 0. The molecule has 0 aliphatic heterocycles. The number of hydrogen-bond donors (Lipinski definition) is 1. The maximum Gasteiger partial charge on any atom is 3.00 e. The summed E-state index contributed by atoms with van der Waals surface area (Å²) >= 11 is 0. The van der Waals surface area contributed by atoms with Gasteiger partial charge < -0.3 is 34.8 Å². The quantitative estimate of drug-likeness (QED) is 0.346. The molecule has 76 valence electrons. The number of carbonyl (C=O) groups is 3. The number of hydrogen-bond acceptors (Lipinski definition) is 7. The molecule has 0 saturated carbocycles. The normalized spacial score (nSPS) is 9.40. The molecule has 0 amide bonds. The molecule has 0 atom stereocenters. The van der Waals surface area contributed by atoms with Crippen LogP contribution in [0.25, 0.3) is 0 Å². The number of aliphatic hydroxyl groups is 1. The molecule has 0 aromatic carbocycles. The van der Waals surface area contributed by atoms with Crippen molar-refractivity contribution in [2.45, 2.75) is 18.4 Å². The summed E-state index contributed by atoms with van der Waals surface area (Å²) in [5.74, 6) is -5.98. The minimum atomic E-state index is -2.97. The zero-order chi connectivity index (χ0) is 10.6. The molecule has 0 rings (SSSR count). The van der Waals surface area contributed by atoms with Gasteiger partial charge in [-0.25, -0.2) is 0 Å². The first-order valence-corrected chi connectivity index (χ1v) is 3.11. The van der Waals surface area contributed by atoms with Gasteiger partial charge in [-0.1, -0.05) is 0 Å². The first-order valence-electron chi connectivity index (χ1n) is 3.11. The Morgan fingerprint density at radius 2 is 1.27 bits per heavy atom. The van der Waals surface area contributed by atoms with E-state index in [2.05, 4.69) is 0 Å². The van der Waals surface area contributed by atoms with Gasteiger partial charge in [-0.2, -0.15) is 0 Å². The van der Waals surface area contributed by atoms with E-state index in [4.69, 9.17) is 5.11 Å². The zero-order valence-electron chi connectivity index (χ0n) is 7.47. The van der Waals surface area contributed by atoms with Crippen molar-refractivity contribution in [2.75, 3.05) is 0 Å². The van der Waals surface area contributed by atoms with Crippen molar-refractivity contribution in [1.82, 2.24) is 0 Å². The van der Waals surface area contributed by atoms with Gasteiger partial charge in [0.05, 0.1) is 5.97 Å². The zero-order valence-corrected chi connectivity index (χ0v) is 15.4. The van der Waals surface area contributed by atoms with E-state index in [1.807, 2.05) is 0 Å². The van der Waals surface area contributed by atoms with Crippen LogP contribution < -0.4 is 15.3 Å². The molecule has 0 fully saturated rings. The summed E-state index contributed by atoms with van der Waals surface area (Å²) in [6.07, 6.45) is -2.72. The second kappa shape index (κ2) is 8.92. The monoisotopic (exact) mass is 536 g/mol. The third-order valence-corrected chi connectivity index (χ3v) is 1.25. The second-order valence-corrected chi connectivity index (χ2v) is 2.42. The average Bonchev–Trinajstić information content (AvgIpc) is 1.82. The Morgan fingerprint density at radius 1 is 1.00 bits per heavy atom. The molecule has 9 heteroatoms. The maximum absolute atomic E-state index is 10.1. The molecule has 0 saturated heterocycles. The van der Waals surface area contributed by atoms with Crippen LogP contribution in [0.15, 0.2) is 0 Å². The van der Waals surface area contributed by atoms with Gasteiger partial charge in [0.25, 0.3) is 0 Å². The van der Waals surface area contributed by atoms with Crippen LogP contribution in [-0.4, -0.2) is 104 Å². The van der Waals surface area contributed by atoms with Gasteiger partial charge >= 0.3 is 75.1 Å². The molecule has 0 aromatic rings. The predicted molar refractivity (Wildman–Crippen MR) is 40.7 cm³/mol. The van der Waals surface area contributed by atoms with Crippen LogP contribution in [0, 0.1) is 0 Å². The molecule has 0 aliphatic rings. The van der Waals surface area contributed by atoms with Gasteiger partial charge in [0, 0.05) is 24.8 Å². The summed E-state index contributed by atoms with van der Waals surface area (Å²) < 4.78 is 0. The Morgan fingerprint density at radius 3 is 1.40 bits per heavy atom. The van der Waals surface area contributed by atoms with E-state index in [0.29, 0.717) is 0 Å². The molecular formula is C6H5BaBiO7+2. The van der Waals surface area contributed by atoms with Crippen molar-refractivity contribution in [1.29, 1.82) is 0 Å². The summed E-state index contributed by atoms with van der Waals surface area (Å²) in [4.78, 5) is 30.0. The van der Waals surface area contributed by atoms with E-state index < -0.39 is 36.4 Å². The average molecular weight is 535 g/mol. The topological polar surface area (TPSA) is 141 Å². The summed E-state index contributed by atoms with van der Waals surface area (Å²) in [5.41, 5.74) is -2.97. The van der Waals surface area contributed by atoms with Gasteiger partial charge in [0.15, 0.2) is 0 Å². The number of carboxylic acids is 3. The molecular weight excluding hydrogens is 530 g/mol. The van der Waals surface area contributed by atoms with E-state index in [0.717, 1.165) is 0 Å². The van der Waals surface area contributed by atoms with Crippen molar-refractivity contribution < 1.29 is 34.8 Å². The van der Waals surface area contributed by atoms with E-state index in [1.54, 1.807) is 0 Å². The van der Waals surface area contributed by atoms with Crippen LogP contribution in [0.4, 0.5) is 0 Å². The number of carboxylic acid groups (broad SMARTS) is 3. The van der Waals surface area contributed by atoms with Gasteiger partial charge in [-0.3, -0.25) is 0 Å². The van der Waals surface area contributed by atoms with Crippen molar-refractivity contribution in [3.05, 3.63) is 0 Å². The van der Waals surface area contributed by atoms with E-state index in [9.17, 15) is 29.7 Å². The van der Waals surface area contributed by atoms with Crippen LogP contribution in [0.1, 0.15) is 12.8 Å². The van der Waals surface area contributed by atoms with E-state index in [-0.39, 0.29) is 75.1 Å². The Kier molecular flexibility index (Phi) is 12.6. The van der Waals surface area contributed by atoms with Gasteiger partial charge in [-0.05, 0) is 0 Å².